The van der Waals surface area contributed by atoms with Crippen LogP contribution in [0.5, 0.6) is 0 Å². The molecule has 1 aromatic carbocycles. The van der Waals surface area contributed by atoms with Crippen molar-refractivity contribution in [2.45, 2.75) is 40.3 Å². The van der Waals surface area contributed by atoms with Crippen LogP contribution in [-0.2, 0) is 17.9 Å². The molecule has 1 fully saturated rings. The number of hydrogen-bond acceptors (Lipinski definition) is 4. The highest BCUT2D eigenvalue weighted by molar-refractivity contribution is 5.98. The number of likely N-dealkylation sites (tertiary alicyclic amines) is 1. The molecular formula is C21H26N6O2. The lowest BCUT2D eigenvalue weighted by Crippen LogP contribution is -2.34. The van der Waals surface area contributed by atoms with Crippen molar-refractivity contribution in [3.63, 3.8) is 0 Å². The van der Waals surface area contributed by atoms with E-state index >= 15 is 0 Å². The van der Waals surface area contributed by atoms with Gasteiger partial charge < -0.3 is 14.8 Å². The molecule has 1 aliphatic heterocycles. The number of aromatic amines is 1. The summed E-state index contributed by atoms with van der Waals surface area (Å²) in [5.74, 6) is -0.248. The van der Waals surface area contributed by atoms with E-state index < -0.39 is 0 Å². The largest absolute Gasteiger partial charge is 0.352 e. The van der Waals surface area contributed by atoms with Gasteiger partial charge in [0, 0.05) is 43.0 Å². The number of fused-ring (bicyclic) bond motifs is 1. The van der Waals surface area contributed by atoms with E-state index in [-0.39, 0.29) is 17.7 Å². The Labute approximate surface area is 169 Å². The van der Waals surface area contributed by atoms with E-state index in [0.717, 1.165) is 34.5 Å². The topological polar surface area (TPSA) is 95.9 Å². The standard InChI is InChI=1S/C21H26N6O2/c1-4-26-12-23-18-9-15(5-6-19(18)26)21(29)27-8-7-16(11-27)20(28)22-10-17-13(2)24-25-14(17)3/h5-6,9,12,16H,4,7-8,10-11H2,1-3H3,(H,22,28)(H,24,25). The first kappa shape index (κ1) is 19.2. The number of nitrogens with one attached hydrogen (secondary N) is 2. The number of hydrogen-bond donors (Lipinski definition) is 2. The molecule has 152 valence electrons. The molecular weight excluding hydrogens is 368 g/mol. The van der Waals surface area contributed by atoms with Crippen LogP contribution in [0.1, 0.15) is 40.7 Å². The SMILES string of the molecule is CCn1cnc2cc(C(=O)N3CCC(C(=O)NCc4c(C)n[nH]c4C)C3)ccc21. The van der Waals surface area contributed by atoms with Gasteiger partial charge in [0.1, 0.15) is 0 Å². The summed E-state index contributed by atoms with van der Waals surface area (Å²) in [6.45, 7) is 8.24. The number of imidazole rings is 1. The highest BCUT2D eigenvalue weighted by Crippen LogP contribution is 2.22. The summed E-state index contributed by atoms with van der Waals surface area (Å²) >= 11 is 0. The fourth-order valence-corrected chi connectivity index (χ4v) is 3.94. The minimum atomic E-state index is -0.186. The number of carbonyl (C=O) groups excluding carboxylic acids is 2. The normalized spacial score (nSPS) is 16.5. The highest BCUT2D eigenvalue weighted by Gasteiger charge is 2.31. The number of H-pyrrole nitrogens is 1. The van der Waals surface area contributed by atoms with Crippen molar-refractivity contribution in [1.29, 1.82) is 0 Å². The second-order valence-corrected chi connectivity index (χ2v) is 7.60. The summed E-state index contributed by atoms with van der Waals surface area (Å²) in [5, 5.41) is 10.1. The van der Waals surface area contributed by atoms with Crippen molar-refractivity contribution in [1.82, 2.24) is 30.0 Å². The minimum Gasteiger partial charge on any atom is -0.352 e. The Balaban J connectivity index is 1.38. The average Bonchev–Trinajstić information content (AvgIpc) is 3.44. The third kappa shape index (κ3) is 3.62. The molecule has 8 nitrogen and oxygen atoms in total. The van der Waals surface area contributed by atoms with Crippen molar-refractivity contribution in [3.05, 3.63) is 47.0 Å². The quantitative estimate of drug-likeness (QED) is 0.693. The van der Waals surface area contributed by atoms with Gasteiger partial charge in [0.2, 0.25) is 5.91 Å². The molecule has 0 saturated carbocycles. The van der Waals surface area contributed by atoms with Crippen LogP contribution < -0.4 is 5.32 Å². The van der Waals surface area contributed by atoms with Crippen LogP contribution in [0.15, 0.2) is 24.5 Å². The Morgan fingerprint density at radius 3 is 2.86 bits per heavy atom. The number of rotatable bonds is 5. The number of amides is 2. The predicted molar refractivity (Wildman–Crippen MR) is 109 cm³/mol. The summed E-state index contributed by atoms with van der Waals surface area (Å²) in [4.78, 5) is 31.6. The van der Waals surface area contributed by atoms with Gasteiger partial charge >= 0.3 is 0 Å². The van der Waals surface area contributed by atoms with Crippen molar-refractivity contribution in [3.8, 4) is 0 Å². The summed E-state index contributed by atoms with van der Waals surface area (Å²) in [5.41, 5.74) is 5.33. The zero-order valence-electron chi connectivity index (χ0n) is 17.0. The van der Waals surface area contributed by atoms with Gasteiger partial charge in [-0.3, -0.25) is 14.7 Å². The molecule has 1 atom stereocenters. The van der Waals surface area contributed by atoms with Crippen LogP contribution in [-0.4, -0.2) is 49.6 Å². The van der Waals surface area contributed by atoms with Gasteiger partial charge in [-0.15, -0.1) is 0 Å². The van der Waals surface area contributed by atoms with E-state index in [9.17, 15) is 9.59 Å². The lowest BCUT2D eigenvalue weighted by Gasteiger charge is -2.17. The zero-order valence-corrected chi connectivity index (χ0v) is 17.0. The molecule has 8 heteroatoms. The number of nitrogens with zero attached hydrogens (tertiary/aromatic N) is 4. The third-order valence-electron chi connectivity index (χ3n) is 5.78. The maximum atomic E-state index is 12.9. The fraction of sp³-hybridized carbons (Fsp3) is 0.429. The summed E-state index contributed by atoms with van der Waals surface area (Å²) in [6, 6.07) is 5.62. The van der Waals surface area contributed by atoms with Crippen LogP contribution in [0.3, 0.4) is 0 Å². The number of aromatic nitrogens is 4. The Morgan fingerprint density at radius 2 is 2.14 bits per heavy atom. The van der Waals surface area contributed by atoms with Crippen LogP contribution >= 0.6 is 0 Å². The molecule has 0 spiro atoms. The fourth-order valence-electron chi connectivity index (χ4n) is 3.94. The van der Waals surface area contributed by atoms with Gasteiger partial charge in [0.15, 0.2) is 0 Å². The molecule has 0 bridgehead atoms. The predicted octanol–water partition coefficient (Wildman–Crippen LogP) is 2.17. The monoisotopic (exact) mass is 394 g/mol. The first-order valence-electron chi connectivity index (χ1n) is 10.00. The molecule has 1 saturated heterocycles. The van der Waals surface area contributed by atoms with Gasteiger partial charge in [-0.2, -0.15) is 5.10 Å². The van der Waals surface area contributed by atoms with Gasteiger partial charge in [-0.05, 0) is 45.4 Å². The van der Waals surface area contributed by atoms with Crippen LogP contribution in [0, 0.1) is 19.8 Å². The maximum Gasteiger partial charge on any atom is 0.253 e. The Morgan fingerprint density at radius 1 is 1.31 bits per heavy atom. The summed E-state index contributed by atoms with van der Waals surface area (Å²) in [7, 11) is 0. The second-order valence-electron chi connectivity index (χ2n) is 7.60. The molecule has 2 aromatic heterocycles. The summed E-state index contributed by atoms with van der Waals surface area (Å²) < 4.78 is 2.04. The van der Waals surface area contributed by atoms with Crippen molar-refractivity contribution >= 4 is 22.8 Å². The second kappa shape index (κ2) is 7.69. The van der Waals surface area contributed by atoms with Crippen LogP contribution in [0.4, 0.5) is 0 Å². The van der Waals surface area contributed by atoms with E-state index in [1.54, 1.807) is 11.2 Å². The first-order chi connectivity index (χ1) is 14.0. The van der Waals surface area contributed by atoms with E-state index in [1.807, 2.05) is 36.6 Å². The Bertz CT molecular complexity index is 1050. The molecule has 2 amide bonds. The molecule has 1 aliphatic rings. The zero-order chi connectivity index (χ0) is 20.5. The van der Waals surface area contributed by atoms with E-state index in [2.05, 4.69) is 27.4 Å². The lowest BCUT2D eigenvalue weighted by atomic mass is 10.1. The Kier molecular flexibility index (Phi) is 5.08. The molecule has 29 heavy (non-hydrogen) atoms. The Hall–Kier alpha value is -3.16. The van der Waals surface area contributed by atoms with Gasteiger partial charge in [0.05, 0.1) is 29.0 Å². The van der Waals surface area contributed by atoms with Crippen LogP contribution in [0.25, 0.3) is 11.0 Å². The molecule has 0 aliphatic carbocycles. The molecule has 1 unspecified atom stereocenters. The molecule has 4 rings (SSSR count). The van der Waals surface area contributed by atoms with E-state index in [4.69, 9.17) is 0 Å². The number of benzene rings is 1. The van der Waals surface area contributed by atoms with Gasteiger partial charge in [-0.25, -0.2) is 4.98 Å². The third-order valence-corrected chi connectivity index (χ3v) is 5.78. The van der Waals surface area contributed by atoms with Gasteiger partial charge in [-0.1, -0.05) is 0 Å². The molecule has 3 aromatic rings. The van der Waals surface area contributed by atoms with Crippen molar-refractivity contribution in [2.24, 2.45) is 5.92 Å². The highest BCUT2D eigenvalue weighted by atomic mass is 16.2. The van der Waals surface area contributed by atoms with Crippen molar-refractivity contribution < 1.29 is 9.59 Å². The lowest BCUT2D eigenvalue weighted by molar-refractivity contribution is -0.124. The van der Waals surface area contributed by atoms with E-state index in [1.165, 1.54) is 0 Å². The first-order valence-corrected chi connectivity index (χ1v) is 10.00. The molecule has 3 heterocycles. The smallest absolute Gasteiger partial charge is 0.253 e. The van der Waals surface area contributed by atoms with Crippen LogP contribution in [0.2, 0.25) is 0 Å². The average molecular weight is 394 g/mol. The van der Waals surface area contributed by atoms with Crippen molar-refractivity contribution in [2.75, 3.05) is 13.1 Å². The minimum absolute atomic E-state index is 0.0163. The number of aryl methyl sites for hydroxylation is 3. The van der Waals surface area contributed by atoms with E-state index in [0.29, 0.717) is 31.6 Å². The van der Waals surface area contributed by atoms with Gasteiger partial charge in [0.25, 0.3) is 5.91 Å². The number of carbonyl (C=O) groups is 2. The summed E-state index contributed by atoms with van der Waals surface area (Å²) in [6.07, 6.45) is 2.46. The maximum absolute atomic E-state index is 12.9. The molecule has 2 N–H and O–H groups in total. The molecule has 0 radical (unpaired) electrons.